The maximum Gasteiger partial charge on any atom is 0.163 e. The highest BCUT2D eigenvalue weighted by molar-refractivity contribution is 5.22. The molecule has 0 aliphatic carbocycles. The topological polar surface area (TPSA) is 29.3 Å². The molecule has 17 heavy (non-hydrogen) atoms. The highest BCUT2D eigenvalue weighted by atomic mass is 19.2. The fourth-order valence-corrected chi connectivity index (χ4v) is 1.82. The van der Waals surface area contributed by atoms with Gasteiger partial charge in [-0.05, 0) is 39.0 Å². The van der Waals surface area contributed by atoms with Crippen LogP contribution in [0, 0.1) is 11.6 Å². The summed E-state index contributed by atoms with van der Waals surface area (Å²) in [6.07, 6.45) is 1.69. The Morgan fingerprint density at radius 3 is 2.65 bits per heavy atom. The Morgan fingerprint density at radius 1 is 1.29 bits per heavy atom. The molecule has 0 heterocycles. The zero-order valence-corrected chi connectivity index (χ0v) is 10.4. The number of halogens is 2. The van der Waals surface area contributed by atoms with Crippen molar-refractivity contribution in [1.29, 1.82) is 0 Å². The lowest BCUT2D eigenvalue weighted by Crippen LogP contribution is -2.24. The van der Waals surface area contributed by atoms with Crippen LogP contribution in [0.2, 0.25) is 0 Å². The Kier molecular flexibility index (Phi) is 5.51. The van der Waals surface area contributed by atoms with Crippen molar-refractivity contribution in [3.63, 3.8) is 0 Å². The van der Waals surface area contributed by atoms with E-state index < -0.39 is 17.7 Å². The molecule has 0 spiro atoms. The van der Waals surface area contributed by atoms with Crippen LogP contribution in [-0.4, -0.2) is 25.0 Å². The Labute approximate surface area is 101 Å². The molecule has 0 amide bonds. The number of nitrogens with zero attached hydrogens (tertiary/aromatic N) is 1. The van der Waals surface area contributed by atoms with Crippen molar-refractivity contribution >= 4 is 0 Å². The maximum atomic E-state index is 13.5. The minimum absolute atomic E-state index is 0.259. The molecule has 4 heteroatoms. The Balaban J connectivity index is 2.58. The van der Waals surface area contributed by atoms with E-state index in [0.29, 0.717) is 6.42 Å². The quantitative estimate of drug-likeness (QED) is 0.831. The first kappa shape index (κ1) is 14.1. The van der Waals surface area contributed by atoms with Gasteiger partial charge in [0.25, 0.3) is 0 Å². The molecule has 1 aromatic rings. The molecule has 1 unspecified atom stereocenters. The van der Waals surface area contributed by atoms with E-state index in [2.05, 4.69) is 11.8 Å². The van der Waals surface area contributed by atoms with E-state index in [-0.39, 0.29) is 5.56 Å². The van der Waals surface area contributed by atoms with E-state index in [1.54, 1.807) is 6.07 Å². The first-order chi connectivity index (χ1) is 8.06. The van der Waals surface area contributed by atoms with Crippen molar-refractivity contribution in [1.82, 2.24) is 4.90 Å². The summed E-state index contributed by atoms with van der Waals surface area (Å²) in [7, 11) is 2.00. The number of hydrogen-bond donors (Lipinski definition) is 1. The van der Waals surface area contributed by atoms with Gasteiger partial charge in [-0.3, -0.25) is 0 Å². The first-order valence-electron chi connectivity index (χ1n) is 5.94. The van der Waals surface area contributed by atoms with Gasteiger partial charge >= 0.3 is 0 Å². The smallest absolute Gasteiger partial charge is 0.163 e. The van der Waals surface area contributed by atoms with E-state index in [0.717, 1.165) is 25.6 Å². The minimum Gasteiger partial charge on any atom is -0.324 e. The zero-order valence-electron chi connectivity index (χ0n) is 10.4. The molecule has 96 valence electrons. The van der Waals surface area contributed by atoms with Crippen LogP contribution in [0.25, 0.3) is 0 Å². The third-order valence-electron chi connectivity index (χ3n) is 2.81. The number of nitrogens with two attached hydrogens (primary N) is 1. The van der Waals surface area contributed by atoms with Gasteiger partial charge in [0.2, 0.25) is 0 Å². The third-order valence-corrected chi connectivity index (χ3v) is 2.81. The molecule has 0 saturated carbocycles. The number of hydrogen-bond acceptors (Lipinski definition) is 2. The summed E-state index contributed by atoms with van der Waals surface area (Å²) < 4.78 is 26.5. The summed E-state index contributed by atoms with van der Waals surface area (Å²) in [6, 6.07) is 3.69. The molecule has 2 nitrogen and oxygen atoms in total. The SMILES string of the molecule is CCCN(C)CCC(N)c1cccc(F)c1F. The summed E-state index contributed by atoms with van der Waals surface area (Å²) in [4.78, 5) is 2.14. The molecule has 0 radical (unpaired) electrons. The van der Waals surface area contributed by atoms with Crippen LogP contribution in [0.1, 0.15) is 31.4 Å². The Bertz CT molecular complexity index is 355. The lowest BCUT2D eigenvalue weighted by molar-refractivity contribution is 0.317. The molecule has 2 N–H and O–H groups in total. The van der Waals surface area contributed by atoms with Crippen molar-refractivity contribution in [2.75, 3.05) is 20.1 Å². The molecule has 0 aliphatic heterocycles. The Morgan fingerprint density at radius 2 is 2.00 bits per heavy atom. The van der Waals surface area contributed by atoms with E-state index in [4.69, 9.17) is 5.73 Å². The molecule has 1 atom stereocenters. The predicted molar refractivity (Wildman–Crippen MR) is 65.7 cm³/mol. The van der Waals surface area contributed by atoms with E-state index in [1.165, 1.54) is 6.07 Å². The molecule has 1 aromatic carbocycles. The van der Waals surface area contributed by atoms with Crippen LogP contribution < -0.4 is 5.73 Å². The number of benzene rings is 1. The van der Waals surface area contributed by atoms with Crippen molar-refractivity contribution in [2.24, 2.45) is 5.73 Å². The van der Waals surface area contributed by atoms with Gasteiger partial charge in [-0.2, -0.15) is 0 Å². The summed E-state index contributed by atoms with van der Waals surface area (Å²) in [5, 5.41) is 0. The highest BCUT2D eigenvalue weighted by Crippen LogP contribution is 2.20. The molecule has 0 fully saturated rings. The summed E-state index contributed by atoms with van der Waals surface area (Å²) in [6.45, 7) is 3.87. The fourth-order valence-electron chi connectivity index (χ4n) is 1.82. The molecule has 0 aromatic heterocycles. The van der Waals surface area contributed by atoms with Gasteiger partial charge in [0.05, 0.1) is 0 Å². The van der Waals surface area contributed by atoms with Crippen LogP contribution in [0.3, 0.4) is 0 Å². The Hall–Kier alpha value is -1.00. The molecule has 0 saturated heterocycles. The standard InChI is InChI=1S/C13H20F2N2/c1-3-8-17(2)9-7-12(16)10-5-4-6-11(14)13(10)15/h4-6,12H,3,7-9,16H2,1-2H3. The summed E-state index contributed by atoms with van der Waals surface area (Å²) >= 11 is 0. The normalized spacial score (nSPS) is 13.1. The second-order valence-corrected chi connectivity index (χ2v) is 4.34. The molecule has 1 rings (SSSR count). The second-order valence-electron chi connectivity index (χ2n) is 4.34. The van der Waals surface area contributed by atoms with Gasteiger partial charge in [-0.25, -0.2) is 8.78 Å². The second kappa shape index (κ2) is 6.67. The zero-order chi connectivity index (χ0) is 12.8. The molecular weight excluding hydrogens is 222 g/mol. The van der Waals surface area contributed by atoms with Gasteiger partial charge in [0.1, 0.15) is 0 Å². The van der Waals surface area contributed by atoms with Crippen molar-refractivity contribution in [2.45, 2.75) is 25.8 Å². The van der Waals surface area contributed by atoms with E-state index in [9.17, 15) is 8.78 Å². The minimum atomic E-state index is -0.833. The van der Waals surface area contributed by atoms with Gasteiger partial charge in [-0.15, -0.1) is 0 Å². The van der Waals surface area contributed by atoms with Gasteiger partial charge in [-0.1, -0.05) is 19.1 Å². The van der Waals surface area contributed by atoms with Crippen LogP contribution in [0.5, 0.6) is 0 Å². The van der Waals surface area contributed by atoms with Crippen molar-refractivity contribution in [3.8, 4) is 0 Å². The average molecular weight is 242 g/mol. The lowest BCUT2D eigenvalue weighted by Gasteiger charge is -2.19. The third kappa shape index (κ3) is 4.06. The molecule has 0 bridgehead atoms. The molecule has 0 aliphatic rings. The van der Waals surface area contributed by atoms with Gasteiger partial charge < -0.3 is 10.6 Å². The van der Waals surface area contributed by atoms with E-state index >= 15 is 0 Å². The van der Waals surface area contributed by atoms with Crippen LogP contribution in [0.15, 0.2) is 18.2 Å². The predicted octanol–water partition coefficient (Wildman–Crippen LogP) is 2.70. The lowest BCUT2D eigenvalue weighted by atomic mass is 10.0. The summed E-state index contributed by atoms with van der Waals surface area (Å²) in [5.74, 6) is -1.65. The van der Waals surface area contributed by atoms with Crippen LogP contribution >= 0.6 is 0 Å². The van der Waals surface area contributed by atoms with Gasteiger partial charge in [0.15, 0.2) is 11.6 Å². The van der Waals surface area contributed by atoms with Gasteiger partial charge in [0, 0.05) is 11.6 Å². The van der Waals surface area contributed by atoms with Crippen LogP contribution in [-0.2, 0) is 0 Å². The highest BCUT2D eigenvalue weighted by Gasteiger charge is 2.14. The average Bonchev–Trinajstić information content (AvgIpc) is 2.30. The van der Waals surface area contributed by atoms with Crippen LogP contribution in [0.4, 0.5) is 8.78 Å². The van der Waals surface area contributed by atoms with Crippen molar-refractivity contribution in [3.05, 3.63) is 35.4 Å². The monoisotopic (exact) mass is 242 g/mol. The fraction of sp³-hybridized carbons (Fsp3) is 0.538. The van der Waals surface area contributed by atoms with E-state index in [1.807, 2.05) is 7.05 Å². The molecular formula is C13H20F2N2. The summed E-state index contributed by atoms with van der Waals surface area (Å²) in [5.41, 5.74) is 6.14. The van der Waals surface area contributed by atoms with Crippen molar-refractivity contribution < 1.29 is 8.78 Å². The maximum absolute atomic E-state index is 13.5. The largest absolute Gasteiger partial charge is 0.324 e. The number of rotatable bonds is 6. The first-order valence-corrected chi connectivity index (χ1v) is 5.94.